The third kappa shape index (κ3) is 3.46. The number of amides is 2. The number of aromatic nitrogens is 4. The summed E-state index contributed by atoms with van der Waals surface area (Å²) in [7, 11) is 1.75. The van der Waals surface area contributed by atoms with Crippen LogP contribution in [-0.4, -0.2) is 49.6 Å². The second-order valence-electron chi connectivity index (χ2n) is 6.56. The van der Waals surface area contributed by atoms with Crippen LogP contribution in [0.4, 0.5) is 0 Å². The van der Waals surface area contributed by atoms with Crippen molar-refractivity contribution < 1.29 is 9.59 Å². The highest BCUT2D eigenvalue weighted by Crippen LogP contribution is 2.17. The van der Waals surface area contributed by atoms with Crippen molar-refractivity contribution in [3.8, 4) is 0 Å². The molecule has 1 unspecified atom stereocenters. The molecule has 0 spiro atoms. The van der Waals surface area contributed by atoms with Crippen LogP contribution in [0.15, 0.2) is 55.1 Å². The second kappa shape index (κ2) is 7.06. The van der Waals surface area contributed by atoms with Gasteiger partial charge in [-0.15, -0.1) is 0 Å². The highest BCUT2D eigenvalue weighted by atomic mass is 16.2. The lowest BCUT2D eigenvalue weighted by atomic mass is 10.1. The Labute approximate surface area is 156 Å². The number of nitrogens with zero attached hydrogens (tertiary/aromatic N) is 5. The van der Waals surface area contributed by atoms with E-state index in [0.717, 1.165) is 5.56 Å². The third-order valence-electron chi connectivity index (χ3n) is 4.69. The van der Waals surface area contributed by atoms with Gasteiger partial charge < -0.3 is 14.8 Å². The molecule has 8 heteroatoms. The number of nitrogens with one attached hydrogen (secondary N) is 1. The van der Waals surface area contributed by atoms with Crippen molar-refractivity contribution in [1.82, 2.24) is 29.5 Å². The van der Waals surface area contributed by atoms with E-state index in [1.165, 1.54) is 0 Å². The maximum Gasteiger partial charge on any atom is 0.272 e. The highest BCUT2D eigenvalue weighted by molar-refractivity contribution is 5.98. The van der Waals surface area contributed by atoms with Gasteiger partial charge in [-0.3, -0.25) is 14.3 Å². The van der Waals surface area contributed by atoms with Gasteiger partial charge in [-0.2, -0.15) is 5.10 Å². The number of benzene rings is 1. The van der Waals surface area contributed by atoms with Crippen LogP contribution in [0.2, 0.25) is 0 Å². The lowest BCUT2D eigenvalue weighted by Gasteiger charge is -2.22. The minimum atomic E-state index is -0.304. The Morgan fingerprint density at radius 1 is 1.26 bits per heavy atom. The highest BCUT2D eigenvalue weighted by Gasteiger charge is 2.26. The van der Waals surface area contributed by atoms with Crippen molar-refractivity contribution in [3.63, 3.8) is 0 Å². The second-order valence-corrected chi connectivity index (χ2v) is 6.56. The maximum atomic E-state index is 12.8. The first-order valence-corrected chi connectivity index (χ1v) is 8.76. The fourth-order valence-electron chi connectivity index (χ4n) is 3.17. The molecule has 2 amide bonds. The summed E-state index contributed by atoms with van der Waals surface area (Å²) in [5, 5.41) is 7.35. The molecule has 27 heavy (non-hydrogen) atoms. The minimum absolute atomic E-state index is 0.120. The molecule has 3 aromatic rings. The Balaban J connectivity index is 1.57. The summed E-state index contributed by atoms with van der Waals surface area (Å²) >= 11 is 0. The van der Waals surface area contributed by atoms with Gasteiger partial charge >= 0.3 is 0 Å². The van der Waals surface area contributed by atoms with Gasteiger partial charge in [0.15, 0.2) is 5.69 Å². The van der Waals surface area contributed by atoms with E-state index in [1.807, 2.05) is 41.1 Å². The molecular weight excluding hydrogens is 344 g/mol. The van der Waals surface area contributed by atoms with E-state index in [1.54, 1.807) is 35.2 Å². The number of rotatable bonds is 5. The van der Waals surface area contributed by atoms with Crippen LogP contribution in [0.5, 0.6) is 0 Å². The molecule has 0 aliphatic carbocycles. The van der Waals surface area contributed by atoms with Gasteiger partial charge in [0, 0.05) is 38.6 Å². The smallest absolute Gasteiger partial charge is 0.272 e. The maximum absolute atomic E-state index is 12.8. The number of fused-ring (bicyclic) bond motifs is 1. The molecule has 1 aromatic carbocycles. The predicted molar refractivity (Wildman–Crippen MR) is 98.1 cm³/mol. The molecule has 1 atom stereocenters. The van der Waals surface area contributed by atoms with Gasteiger partial charge in [-0.25, -0.2) is 4.98 Å². The molecule has 1 aliphatic heterocycles. The molecule has 1 aliphatic rings. The van der Waals surface area contributed by atoms with Crippen molar-refractivity contribution in [1.29, 1.82) is 0 Å². The molecule has 4 rings (SSSR count). The molecular formula is C19H20N6O2. The number of hydrogen-bond donors (Lipinski definition) is 1. The van der Waals surface area contributed by atoms with E-state index < -0.39 is 0 Å². The molecule has 0 fully saturated rings. The summed E-state index contributed by atoms with van der Waals surface area (Å²) in [6.07, 6.45) is 5.27. The average Bonchev–Trinajstić information content (AvgIpc) is 3.35. The summed E-state index contributed by atoms with van der Waals surface area (Å²) < 4.78 is 3.51. The molecule has 8 nitrogen and oxygen atoms in total. The Morgan fingerprint density at radius 2 is 2.07 bits per heavy atom. The Kier molecular flexibility index (Phi) is 4.45. The summed E-state index contributed by atoms with van der Waals surface area (Å²) in [5.41, 5.74) is 1.68. The monoisotopic (exact) mass is 364 g/mol. The number of carbonyl (C=O) groups is 2. The van der Waals surface area contributed by atoms with Gasteiger partial charge in [-0.1, -0.05) is 30.3 Å². The zero-order chi connectivity index (χ0) is 18.8. The summed E-state index contributed by atoms with van der Waals surface area (Å²) in [6, 6.07) is 11.1. The zero-order valence-electron chi connectivity index (χ0n) is 14.9. The van der Waals surface area contributed by atoms with Crippen LogP contribution in [0.3, 0.4) is 0 Å². The van der Waals surface area contributed by atoms with Crippen LogP contribution >= 0.6 is 0 Å². The van der Waals surface area contributed by atoms with E-state index in [9.17, 15) is 9.59 Å². The third-order valence-corrected chi connectivity index (χ3v) is 4.69. The minimum Gasteiger partial charge on any atom is -0.342 e. The van der Waals surface area contributed by atoms with E-state index in [4.69, 9.17) is 0 Å². The molecule has 3 heterocycles. The van der Waals surface area contributed by atoms with Gasteiger partial charge in [-0.05, 0) is 5.56 Å². The molecule has 0 bridgehead atoms. The molecule has 1 N–H and O–H groups in total. The van der Waals surface area contributed by atoms with Crippen molar-refractivity contribution in [2.75, 3.05) is 13.6 Å². The van der Waals surface area contributed by atoms with E-state index in [2.05, 4.69) is 15.4 Å². The van der Waals surface area contributed by atoms with Crippen molar-refractivity contribution in [2.24, 2.45) is 0 Å². The molecule has 2 aromatic heterocycles. The molecule has 138 valence electrons. The van der Waals surface area contributed by atoms with Crippen molar-refractivity contribution in [3.05, 3.63) is 72.1 Å². The predicted octanol–water partition coefficient (Wildman–Crippen LogP) is 1.34. The quantitative estimate of drug-likeness (QED) is 0.740. The lowest BCUT2D eigenvalue weighted by molar-refractivity contribution is 0.0742. The summed E-state index contributed by atoms with van der Waals surface area (Å²) in [4.78, 5) is 30.7. The number of imidazole rings is 1. The Bertz CT molecular complexity index is 948. The van der Waals surface area contributed by atoms with Crippen LogP contribution in [0.25, 0.3) is 0 Å². The topological polar surface area (TPSA) is 85.1 Å². The molecule has 0 saturated carbocycles. The first kappa shape index (κ1) is 17.0. The van der Waals surface area contributed by atoms with Gasteiger partial charge in [0.05, 0.1) is 18.9 Å². The normalized spacial score (nSPS) is 14.7. The van der Waals surface area contributed by atoms with Gasteiger partial charge in [0.2, 0.25) is 0 Å². The number of likely N-dealkylation sites (N-methyl/N-ethyl adjacent to an activating group) is 1. The summed E-state index contributed by atoms with van der Waals surface area (Å²) in [6.45, 7) is 1.72. The largest absolute Gasteiger partial charge is 0.342 e. The van der Waals surface area contributed by atoms with E-state index >= 15 is 0 Å². The number of hydrogen-bond acceptors (Lipinski definition) is 4. The SMILES string of the molecule is CN1CCn2nc(C(=O)NC(Cn3ccnc3)c3ccccc3)cc2C1=O. The van der Waals surface area contributed by atoms with Crippen LogP contribution in [-0.2, 0) is 13.1 Å². The van der Waals surface area contributed by atoms with Gasteiger partial charge in [0.1, 0.15) is 5.69 Å². The standard InChI is InChI=1S/C19H20N6O2/c1-23-9-10-25-17(19(23)27)11-15(22-25)18(26)21-16(12-24-8-7-20-13-24)14-5-3-2-4-6-14/h2-8,11,13,16H,9-10,12H2,1H3,(H,21,26). The van der Waals surface area contributed by atoms with Crippen LogP contribution in [0, 0.1) is 0 Å². The van der Waals surface area contributed by atoms with Crippen LogP contribution < -0.4 is 5.32 Å². The fraction of sp³-hybridized carbons (Fsp3) is 0.263. The average molecular weight is 364 g/mol. The Morgan fingerprint density at radius 3 is 2.81 bits per heavy atom. The molecule has 0 radical (unpaired) electrons. The first-order valence-electron chi connectivity index (χ1n) is 8.76. The van der Waals surface area contributed by atoms with E-state index in [0.29, 0.717) is 25.3 Å². The lowest BCUT2D eigenvalue weighted by Crippen LogP contribution is -2.37. The van der Waals surface area contributed by atoms with Crippen molar-refractivity contribution in [2.45, 2.75) is 19.1 Å². The van der Waals surface area contributed by atoms with Gasteiger partial charge in [0.25, 0.3) is 11.8 Å². The van der Waals surface area contributed by atoms with Crippen molar-refractivity contribution >= 4 is 11.8 Å². The first-order chi connectivity index (χ1) is 13.1. The number of carbonyl (C=O) groups excluding carboxylic acids is 2. The molecule has 0 saturated heterocycles. The zero-order valence-corrected chi connectivity index (χ0v) is 14.9. The fourth-order valence-corrected chi connectivity index (χ4v) is 3.17. The Hall–Kier alpha value is -3.42. The van der Waals surface area contributed by atoms with Crippen LogP contribution in [0.1, 0.15) is 32.6 Å². The van der Waals surface area contributed by atoms with E-state index in [-0.39, 0.29) is 23.6 Å². The summed E-state index contributed by atoms with van der Waals surface area (Å²) in [5.74, 6) is -0.424.